The van der Waals surface area contributed by atoms with Crippen molar-refractivity contribution in [1.82, 2.24) is 9.21 Å². The van der Waals surface area contributed by atoms with E-state index in [1.54, 1.807) is 29.4 Å². The third kappa shape index (κ3) is 5.95. The summed E-state index contributed by atoms with van der Waals surface area (Å²) in [5.74, 6) is -1.20. The highest BCUT2D eigenvalue weighted by atomic mass is 35.5. The number of aliphatic carboxylic acids is 1. The maximum Gasteiger partial charge on any atom is 0.304 e. The van der Waals surface area contributed by atoms with E-state index in [4.69, 9.17) is 23.2 Å². The van der Waals surface area contributed by atoms with Crippen LogP contribution >= 0.6 is 34.0 Å². The van der Waals surface area contributed by atoms with Crippen molar-refractivity contribution in [1.29, 1.82) is 0 Å². The van der Waals surface area contributed by atoms with Gasteiger partial charge in [-0.3, -0.25) is 18.7 Å². The molecular weight excluding hydrogens is 535 g/mol. The van der Waals surface area contributed by atoms with Gasteiger partial charge in [0.2, 0.25) is 5.91 Å². The quantitative estimate of drug-likeness (QED) is 0.328. The van der Waals surface area contributed by atoms with Gasteiger partial charge in [0, 0.05) is 35.1 Å². The zero-order valence-corrected chi connectivity index (χ0v) is 23.3. The molecular formula is C27H34Cl2N2O5S. The number of carbonyl (C=O) groups excluding carboxylic acids is 1. The van der Waals surface area contributed by atoms with E-state index in [-0.39, 0.29) is 24.3 Å². The summed E-state index contributed by atoms with van der Waals surface area (Å²) < 4.78 is 22.9. The lowest BCUT2D eigenvalue weighted by molar-refractivity contribution is -0.160. The molecule has 2 aliphatic rings. The molecule has 1 amide bonds. The summed E-state index contributed by atoms with van der Waals surface area (Å²) in [6.07, 6.45) is 1.27. The van der Waals surface area contributed by atoms with Crippen molar-refractivity contribution in [3.05, 3.63) is 69.7 Å². The molecule has 0 aliphatic carbocycles. The van der Waals surface area contributed by atoms with Crippen molar-refractivity contribution >= 4 is 45.9 Å². The van der Waals surface area contributed by atoms with Gasteiger partial charge in [-0.25, -0.2) is 4.31 Å². The predicted octanol–water partition coefficient (Wildman–Crippen LogP) is 6.68. The van der Waals surface area contributed by atoms with Crippen LogP contribution in [0.25, 0.3) is 0 Å². The number of carbonyl (C=O) groups is 2. The van der Waals surface area contributed by atoms with Crippen LogP contribution in [-0.2, 0) is 9.59 Å². The van der Waals surface area contributed by atoms with Crippen molar-refractivity contribution in [2.75, 3.05) is 18.8 Å². The predicted molar refractivity (Wildman–Crippen MR) is 148 cm³/mol. The van der Waals surface area contributed by atoms with E-state index in [0.29, 0.717) is 48.2 Å². The van der Waals surface area contributed by atoms with Gasteiger partial charge in [-0.15, -0.1) is 10.8 Å². The zero-order chi connectivity index (χ0) is 27.0. The molecule has 4 rings (SSSR count). The number of hydrogen-bond donors (Lipinski definition) is 3. The summed E-state index contributed by atoms with van der Waals surface area (Å²) in [6.45, 7) is 4.52. The molecule has 1 unspecified atom stereocenters. The van der Waals surface area contributed by atoms with E-state index in [2.05, 4.69) is 0 Å². The Labute approximate surface area is 229 Å². The first-order valence-corrected chi connectivity index (χ1v) is 14.9. The molecule has 10 heteroatoms. The number of piperidine rings is 1. The van der Waals surface area contributed by atoms with Crippen molar-refractivity contribution in [2.45, 2.75) is 57.5 Å². The van der Waals surface area contributed by atoms with Crippen LogP contribution in [0.15, 0.2) is 48.5 Å². The molecule has 7 nitrogen and oxygen atoms in total. The topological polar surface area (TPSA) is 101 Å². The Bertz CT molecular complexity index is 1150. The number of rotatable bonds is 8. The minimum Gasteiger partial charge on any atom is -0.481 e. The molecule has 2 aliphatic heterocycles. The average molecular weight is 570 g/mol. The molecule has 0 spiro atoms. The molecule has 37 heavy (non-hydrogen) atoms. The van der Waals surface area contributed by atoms with Gasteiger partial charge < -0.3 is 10.0 Å². The van der Waals surface area contributed by atoms with E-state index < -0.39 is 28.2 Å². The number of benzene rings is 2. The molecule has 0 saturated carbocycles. The summed E-state index contributed by atoms with van der Waals surface area (Å²) in [5.41, 5.74) is 0.649. The lowest BCUT2D eigenvalue weighted by Gasteiger charge is -2.53. The van der Waals surface area contributed by atoms with Gasteiger partial charge in [0.15, 0.2) is 0 Å². The smallest absolute Gasteiger partial charge is 0.304 e. The second kappa shape index (κ2) is 11.1. The minimum atomic E-state index is -2.89. The number of likely N-dealkylation sites (tertiary alicyclic amines) is 1. The van der Waals surface area contributed by atoms with Crippen molar-refractivity contribution in [2.24, 2.45) is 5.41 Å². The van der Waals surface area contributed by atoms with Gasteiger partial charge in [-0.05, 0) is 54.7 Å². The maximum atomic E-state index is 14.3. The molecule has 0 aromatic heterocycles. The number of halogens is 2. The summed E-state index contributed by atoms with van der Waals surface area (Å²) in [5, 5.41) is 10.9. The molecule has 2 heterocycles. The zero-order valence-electron chi connectivity index (χ0n) is 21.0. The van der Waals surface area contributed by atoms with E-state index in [1.165, 1.54) is 0 Å². The third-order valence-electron chi connectivity index (χ3n) is 7.65. The fourth-order valence-corrected chi connectivity index (χ4v) is 7.78. The Kier molecular flexibility index (Phi) is 8.48. The summed E-state index contributed by atoms with van der Waals surface area (Å²) in [4.78, 5) is 28.0. The van der Waals surface area contributed by atoms with Gasteiger partial charge in [-0.1, -0.05) is 61.3 Å². The lowest BCUT2D eigenvalue weighted by Crippen LogP contribution is -2.58. The fraction of sp³-hybridized carbons (Fsp3) is 0.481. The monoisotopic (exact) mass is 568 g/mol. The molecule has 2 aromatic rings. The van der Waals surface area contributed by atoms with E-state index in [9.17, 15) is 23.8 Å². The van der Waals surface area contributed by atoms with E-state index in [1.807, 2.05) is 42.2 Å². The van der Waals surface area contributed by atoms with Crippen LogP contribution < -0.4 is 0 Å². The van der Waals surface area contributed by atoms with Crippen LogP contribution in [0.3, 0.4) is 0 Å². The molecule has 4 atom stereocenters. The molecule has 2 saturated heterocycles. The van der Waals surface area contributed by atoms with Crippen LogP contribution in [0.1, 0.15) is 62.6 Å². The molecule has 3 N–H and O–H groups in total. The largest absolute Gasteiger partial charge is 0.481 e. The first-order chi connectivity index (χ1) is 17.4. The van der Waals surface area contributed by atoms with Crippen LogP contribution in [0.2, 0.25) is 10.0 Å². The summed E-state index contributed by atoms with van der Waals surface area (Å²) in [7, 11) is -2.89. The Morgan fingerprint density at radius 3 is 2.41 bits per heavy atom. The number of carboxylic acid groups (broad SMARTS) is 1. The highest BCUT2D eigenvalue weighted by Gasteiger charge is 2.52. The summed E-state index contributed by atoms with van der Waals surface area (Å²) in [6, 6.07) is 14.1. The normalized spacial score (nSPS) is 27.7. The lowest BCUT2D eigenvalue weighted by atomic mass is 9.67. The van der Waals surface area contributed by atoms with Crippen LogP contribution in [-0.4, -0.2) is 60.2 Å². The first-order valence-electron chi connectivity index (χ1n) is 12.5. The Hall–Kier alpha value is -1.81. The average Bonchev–Trinajstić information content (AvgIpc) is 3.17. The number of amides is 1. The molecule has 0 bridgehead atoms. The third-order valence-corrected chi connectivity index (χ3v) is 10.1. The molecule has 2 fully saturated rings. The van der Waals surface area contributed by atoms with Crippen LogP contribution in [0.5, 0.6) is 0 Å². The van der Waals surface area contributed by atoms with Gasteiger partial charge in [-0.2, -0.15) is 0 Å². The standard InChI is InChI=1S/C27H34Cl2N2O5S/c1-3-22(17-30-12-5-13-37(30,35)36)31-25(18-8-10-20(28)11-9-18)23(19-6-4-7-21(29)14-19)15-27(2,26(31)34)16-24(32)33/h4,6-11,14,22-23,25,35-36H,3,5,12-13,15-17H2,1-2H3,(H,32,33)/t22?,23-,25-,27-/m1/s1. The Morgan fingerprint density at radius 1 is 1.14 bits per heavy atom. The van der Waals surface area contributed by atoms with E-state index >= 15 is 0 Å². The van der Waals surface area contributed by atoms with Crippen molar-refractivity contribution in [3.63, 3.8) is 0 Å². The van der Waals surface area contributed by atoms with E-state index in [0.717, 1.165) is 11.1 Å². The van der Waals surface area contributed by atoms with Crippen LogP contribution in [0.4, 0.5) is 0 Å². The molecule has 2 aromatic carbocycles. The van der Waals surface area contributed by atoms with Crippen LogP contribution in [0, 0.1) is 5.41 Å². The maximum absolute atomic E-state index is 14.3. The second-order valence-electron chi connectivity index (χ2n) is 10.3. The minimum absolute atomic E-state index is 0.240. The fourth-order valence-electron chi connectivity index (χ4n) is 5.85. The van der Waals surface area contributed by atoms with Crippen molar-refractivity contribution < 1.29 is 23.8 Å². The Balaban J connectivity index is 1.87. The highest BCUT2D eigenvalue weighted by Crippen LogP contribution is 2.53. The van der Waals surface area contributed by atoms with Gasteiger partial charge in [0.25, 0.3) is 0 Å². The second-order valence-corrected chi connectivity index (χ2v) is 13.4. The molecule has 202 valence electrons. The van der Waals surface area contributed by atoms with Gasteiger partial charge in [0.1, 0.15) is 0 Å². The SMILES string of the molecule is CCC(CN1CCCS1(O)O)N1C(=O)[C@@](C)(CC(=O)O)C[C@H](c2cccc(Cl)c2)[C@H]1c1ccc(Cl)cc1. The summed E-state index contributed by atoms with van der Waals surface area (Å²) >= 11 is 12.6. The Morgan fingerprint density at radius 2 is 1.84 bits per heavy atom. The highest BCUT2D eigenvalue weighted by molar-refractivity contribution is 8.22. The van der Waals surface area contributed by atoms with Crippen molar-refractivity contribution in [3.8, 4) is 0 Å². The van der Waals surface area contributed by atoms with Gasteiger partial charge >= 0.3 is 5.97 Å². The molecule has 0 radical (unpaired) electrons. The first kappa shape index (κ1) is 28.2. The number of hydrogen-bond acceptors (Lipinski definition) is 5. The number of carboxylic acids is 1. The number of nitrogens with zero attached hydrogens (tertiary/aromatic N) is 2. The van der Waals surface area contributed by atoms with Gasteiger partial charge in [0.05, 0.1) is 23.6 Å².